The number of pyridine rings is 1. The Morgan fingerprint density at radius 2 is 1.74 bits per heavy atom. The second-order valence-corrected chi connectivity index (χ2v) is 9.14. The van der Waals surface area contributed by atoms with Gasteiger partial charge in [-0.1, -0.05) is 62.7 Å². The van der Waals surface area contributed by atoms with Crippen LogP contribution in [-0.4, -0.2) is 23.5 Å². The number of rotatable bonds is 8. The zero-order valence-electron chi connectivity index (χ0n) is 19.7. The fourth-order valence-electron chi connectivity index (χ4n) is 3.88. The van der Waals surface area contributed by atoms with Crippen molar-refractivity contribution in [3.8, 4) is 11.3 Å². The van der Waals surface area contributed by atoms with Gasteiger partial charge >= 0.3 is 5.97 Å². The van der Waals surface area contributed by atoms with Crippen molar-refractivity contribution in [3.63, 3.8) is 0 Å². The number of carbonyl (C=O) groups is 2. The topological polar surface area (TPSA) is 68.3 Å². The molecule has 0 atom stereocenters. The molecular formula is C28H28N2O3S. The van der Waals surface area contributed by atoms with Crippen LogP contribution >= 0.6 is 11.3 Å². The van der Waals surface area contributed by atoms with Crippen LogP contribution in [0.1, 0.15) is 58.3 Å². The van der Waals surface area contributed by atoms with Crippen LogP contribution < -0.4 is 5.32 Å². The first-order chi connectivity index (χ1) is 16.5. The highest BCUT2D eigenvalue weighted by molar-refractivity contribution is 7.16. The van der Waals surface area contributed by atoms with Crippen LogP contribution in [0.25, 0.3) is 22.2 Å². The minimum atomic E-state index is -0.429. The number of nitrogens with one attached hydrogen (secondary N) is 1. The Bertz CT molecular complexity index is 1330. The van der Waals surface area contributed by atoms with Gasteiger partial charge in [0.25, 0.3) is 5.91 Å². The first-order valence-electron chi connectivity index (χ1n) is 11.6. The van der Waals surface area contributed by atoms with Gasteiger partial charge in [-0.2, -0.15) is 0 Å². The predicted octanol–water partition coefficient (Wildman–Crippen LogP) is 6.91. The quantitative estimate of drug-likeness (QED) is 0.283. The van der Waals surface area contributed by atoms with Crippen LogP contribution in [0, 0.1) is 0 Å². The Morgan fingerprint density at radius 3 is 2.44 bits per heavy atom. The lowest BCUT2D eigenvalue weighted by molar-refractivity contribution is 0.0528. The number of esters is 1. The third-order valence-corrected chi connectivity index (χ3v) is 6.80. The molecule has 4 rings (SSSR count). The molecule has 0 saturated carbocycles. The Kier molecular flexibility index (Phi) is 7.38. The summed E-state index contributed by atoms with van der Waals surface area (Å²) >= 11 is 1.40. The van der Waals surface area contributed by atoms with Crippen LogP contribution in [0.2, 0.25) is 0 Å². The van der Waals surface area contributed by atoms with Crippen molar-refractivity contribution in [2.24, 2.45) is 0 Å². The number of thiophene rings is 1. The fraction of sp³-hybridized carbons (Fsp3) is 0.250. The van der Waals surface area contributed by atoms with Gasteiger partial charge in [0.2, 0.25) is 0 Å². The van der Waals surface area contributed by atoms with E-state index in [9.17, 15) is 9.59 Å². The number of nitrogens with zero attached hydrogens (tertiary/aromatic N) is 1. The van der Waals surface area contributed by atoms with Crippen LogP contribution in [0.4, 0.5) is 5.00 Å². The van der Waals surface area contributed by atoms with Crippen molar-refractivity contribution in [2.75, 3.05) is 11.9 Å². The van der Waals surface area contributed by atoms with E-state index in [0.29, 0.717) is 16.1 Å². The summed E-state index contributed by atoms with van der Waals surface area (Å²) < 4.78 is 5.19. The third kappa shape index (κ3) is 5.02. The molecule has 174 valence electrons. The van der Waals surface area contributed by atoms with Crippen LogP contribution in [0.15, 0.2) is 60.7 Å². The monoisotopic (exact) mass is 472 g/mol. The summed E-state index contributed by atoms with van der Waals surface area (Å²) in [6.07, 6.45) is 2.89. The van der Waals surface area contributed by atoms with Gasteiger partial charge in [-0.05, 0) is 43.5 Å². The number of carbonyl (C=O) groups excluding carboxylic acids is 2. The van der Waals surface area contributed by atoms with E-state index in [1.165, 1.54) is 16.9 Å². The van der Waals surface area contributed by atoms with E-state index in [1.54, 1.807) is 13.0 Å². The van der Waals surface area contributed by atoms with E-state index in [2.05, 4.69) is 36.5 Å². The molecule has 34 heavy (non-hydrogen) atoms. The van der Waals surface area contributed by atoms with E-state index in [4.69, 9.17) is 9.72 Å². The summed E-state index contributed by atoms with van der Waals surface area (Å²) in [7, 11) is 0. The van der Waals surface area contributed by atoms with E-state index in [1.807, 2.05) is 37.3 Å². The number of fused-ring (bicyclic) bond motifs is 1. The number of para-hydroxylation sites is 1. The summed E-state index contributed by atoms with van der Waals surface area (Å²) in [5.41, 5.74) is 4.62. The molecule has 0 bridgehead atoms. The van der Waals surface area contributed by atoms with Crippen LogP contribution in [-0.2, 0) is 17.6 Å². The highest BCUT2D eigenvalue weighted by Crippen LogP contribution is 2.31. The number of amides is 1. The summed E-state index contributed by atoms with van der Waals surface area (Å²) in [5, 5.41) is 4.24. The fourth-order valence-corrected chi connectivity index (χ4v) is 4.86. The van der Waals surface area contributed by atoms with E-state index < -0.39 is 5.97 Å². The summed E-state index contributed by atoms with van der Waals surface area (Å²) in [6.45, 7) is 6.22. The molecule has 0 saturated heterocycles. The van der Waals surface area contributed by atoms with Crippen molar-refractivity contribution in [3.05, 3.63) is 82.2 Å². The molecule has 0 aliphatic carbocycles. The van der Waals surface area contributed by atoms with Gasteiger partial charge in [-0.3, -0.25) is 4.79 Å². The Morgan fingerprint density at radius 1 is 0.971 bits per heavy atom. The van der Waals surface area contributed by atoms with Gasteiger partial charge in [0.15, 0.2) is 0 Å². The number of hydrogen-bond acceptors (Lipinski definition) is 5. The molecule has 4 aromatic rings. The lowest BCUT2D eigenvalue weighted by atomic mass is 10.0. The summed E-state index contributed by atoms with van der Waals surface area (Å²) in [4.78, 5) is 31.8. The molecule has 1 N–H and O–H groups in total. The van der Waals surface area contributed by atoms with Gasteiger partial charge in [-0.15, -0.1) is 11.3 Å². The SMILES string of the molecule is CCCc1ccc(-c2cc(C(=O)Nc3sc(CC)cc3C(=O)OCC)c3ccccc3n2)cc1. The highest BCUT2D eigenvalue weighted by atomic mass is 32.1. The van der Waals surface area contributed by atoms with Gasteiger partial charge in [0, 0.05) is 15.8 Å². The average molecular weight is 473 g/mol. The zero-order chi connectivity index (χ0) is 24.1. The Labute approximate surface area is 203 Å². The molecule has 2 aromatic carbocycles. The van der Waals surface area contributed by atoms with E-state index in [-0.39, 0.29) is 12.5 Å². The van der Waals surface area contributed by atoms with Gasteiger partial charge < -0.3 is 10.1 Å². The third-order valence-electron chi connectivity index (χ3n) is 5.60. The number of aromatic nitrogens is 1. The minimum absolute atomic E-state index is 0.277. The van der Waals surface area contributed by atoms with E-state index in [0.717, 1.165) is 46.3 Å². The average Bonchev–Trinajstić information content (AvgIpc) is 3.27. The first kappa shape index (κ1) is 23.6. The Balaban J connectivity index is 1.73. The zero-order valence-corrected chi connectivity index (χ0v) is 20.5. The molecule has 1 amide bonds. The number of hydrogen-bond donors (Lipinski definition) is 1. The van der Waals surface area contributed by atoms with Crippen molar-refractivity contribution < 1.29 is 14.3 Å². The minimum Gasteiger partial charge on any atom is -0.462 e. The Hall–Kier alpha value is -3.51. The maximum absolute atomic E-state index is 13.5. The van der Waals surface area contributed by atoms with Crippen molar-refractivity contribution >= 4 is 39.1 Å². The second kappa shape index (κ2) is 10.6. The van der Waals surface area contributed by atoms with Crippen molar-refractivity contribution in [1.29, 1.82) is 0 Å². The van der Waals surface area contributed by atoms with Crippen molar-refractivity contribution in [1.82, 2.24) is 4.98 Å². The predicted molar refractivity (Wildman–Crippen MR) is 139 cm³/mol. The highest BCUT2D eigenvalue weighted by Gasteiger charge is 2.21. The summed E-state index contributed by atoms with van der Waals surface area (Å²) in [6, 6.07) is 19.6. The maximum Gasteiger partial charge on any atom is 0.341 e. The van der Waals surface area contributed by atoms with Gasteiger partial charge in [-0.25, -0.2) is 9.78 Å². The van der Waals surface area contributed by atoms with Crippen LogP contribution in [0.5, 0.6) is 0 Å². The van der Waals surface area contributed by atoms with Gasteiger partial charge in [0.05, 0.1) is 28.9 Å². The standard InChI is InChI=1S/C28H28N2O3S/c1-4-9-18-12-14-19(15-13-18)25-17-22(21-10-7-8-11-24(21)29-25)26(31)30-27-23(28(32)33-6-3)16-20(5-2)34-27/h7-8,10-17H,4-6,9H2,1-3H3,(H,30,31). The van der Waals surface area contributed by atoms with E-state index >= 15 is 0 Å². The van der Waals surface area contributed by atoms with Gasteiger partial charge in [0.1, 0.15) is 5.00 Å². The number of benzene rings is 2. The molecule has 0 unspecified atom stereocenters. The molecular weight excluding hydrogens is 444 g/mol. The number of anilines is 1. The largest absolute Gasteiger partial charge is 0.462 e. The lowest BCUT2D eigenvalue weighted by Gasteiger charge is -2.11. The lowest BCUT2D eigenvalue weighted by Crippen LogP contribution is -2.15. The number of ether oxygens (including phenoxy) is 1. The van der Waals surface area contributed by atoms with Crippen LogP contribution in [0.3, 0.4) is 0 Å². The molecule has 0 radical (unpaired) electrons. The molecule has 2 heterocycles. The van der Waals surface area contributed by atoms with Crippen molar-refractivity contribution in [2.45, 2.75) is 40.0 Å². The second-order valence-electron chi connectivity index (χ2n) is 8.00. The molecule has 0 fully saturated rings. The first-order valence-corrected chi connectivity index (χ1v) is 12.5. The molecule has 2 aromatic heterocycles. The molecule has 0 spiro atoms. The maximum atomic E-state index is 13.5. The number of aryl methyl sites for hydroxylation is 2. The molecule has 6 heteroatoms. The smallest absolute Gasteiger partial charge is 0.341 e. The molecule has 0 aliphatic heterocycles. The molecule has 0 aliphatic rings. The summed E-state index contributed by atoms with van der Waals surface area (Å²) in [5.74, 6) is -0.710. The normalized spacial score (nSPS) is 10.9. The molecule has 5 nitrogen and oxygen atoms in total.